The maximum absolute atomic E-state index is 14.4. The second-order valence-electron chi connectivity index (χ2n) is 11.1. The molecule has 1 aliphatic rings. The quantitative estimate of drug-likeness (QED) is 0.270. The van der Waals surface area contributed by atoms with Crippen LogP contribution >= 0.6 is 15.9 Å². The number of carbonyl (C=O) groups excluding carboxylic acids is 2. The van der Waals surface area contributed by atoms with Crippen molar-refractivity contribution in [1.29, 1.82) is 0 Å². The van der Waals surface area contributed by atoms with E-state index in [9.17, 15) is 18.0 Å². The topological polar surface area (TPSA) is 96.0 Å². The number of carbonyl (C=O) groups is 2. The number of benzene rings is 3. The van der Waals surface area contributed by atoms with Crippen LogP contribution in [0.1, 0.15) is 48.8 Å². The lowest BCUT2D eigenvalue weighted by atomic mass is 9.94. The average Bonchev–Trinajstić information content (AvgIpc) is 2.98. The van der Waals surface area contributed by atoms with E-state index in [4.69, 9.17) is 4.74 Å². The van der Waals surface area contributed by atoms with Crippen LogP contribution in [0.3, 0.4) is 0 Å². The molecule has 1 N–H and O–H groups in total. The summed E-state index contributed by atoms with van der Waals surface area (Å²) in [5, 5.41) is 3.22. The lowest BCUT2D eigenvalue weighted by Gasteiger charge is -2.35. The van der Waals surface area contributed by atoms with Gasteiger partial charge in [0, 0.05) is 23.5 Å². The zero-order chi connectivity index (χ0) is 31.0. The summed E-state index contributed by atoms with van der Waals surface area (Å²) in [6, 6.07) is 21.5. The van der Waals surface area contributed by atoms with E-state index in [0.717, 1.165) is 63.8 Å². The van der Waals surface area contributed by atoms with Gasteiger partial charge in [0.05, 0.1) is 19.1 Å². The highest BCUT2D eigenvalue weighted by Crippen LogP contribution is 2.31. The van der Waals surface area contributed by atoms with Crippen LogP contribution in [0.4, 0.5) is 5.69 Å². The van der Waals surface area contributed by atoms with Crippen LogP contribution in [-0.2, 0) is 32.6 Å². The molecule has 8 nitrogen and oxygen atoms in total. The van der Waals surface area contributed by atoms with Gasteiger partial charge < -0.3 is 15.0 Å². The van der Waals surface area contributed by atoms with Crippen molar-refractivity contribution in [2.45, 2.75) is 64.1 Å². The van der Waals surface area contributed by atoms with Crippen LogP contribution in [0.15, 0.2) is 77.3 Å². The Morgan fingerprint density at radius 1 is 0.977 bits per heavy atom. The molecule has 0 radical (unpaired) electrons. The predicted molar refractivity (Wildman–Crippen MR) is 174 cm³/mol. The van der Waals surface area contributed by atoms with Crippen LogP contribution in [0, 0.1) is 6.92 Å². The monoisotopic (exact) mass is 669 g/mol. The van der Waals surface area contributed by atoms with Gasteiger partial charge in [-0.25, -0.2) is 8.42 Å². The predicted octanol–water partition coefficient (Wildman–Crippen LogP) is 5.62. The summed E-state index contributed by atoms with van der Waals surface area (Å²) in [6.45, 7) is 1.47. The van der Waals surface area contributed by atoms with Gasteiger partial charge in [-0.2, -0.15) is 0 Å². The van der Waals surface area contributed by atoms with Crippen molar-refractivity contribution in [2.75, 3.05) is 24.2 Å². The first-order valence-electron chi connectivity index (χ1n) is 14.6. The van der Waals surface area contributed by atoms with E-state index in [0.29, 0.717) is 5.75 Å². The zero-order valence-electron chi connectivity index (χ0n) is 25.0. The van der Waals surface area contributed by atoms with E-state index in [2.05, 4.69) is 21.2 Å². The summed E-state index contributed by atoms with van der Waals surface area (Å²) in [4.78, 5) is 29.9. The van der Waals surface area contributed by atoms with Gasteiger partial charge in [0.15, 0.2) is 0 Å². The molecule has 1 fully saturated rings. The van der Waals surface area contributed by atoms with E-state index in [-0.39, 0.29) is 30.6 Å². The molecular formula is C33H40BrN3O5S. The van der Waals surface area contributed by atoms with Crippen LogP contribution in [0.25, 0.3) is 0 Å². The molecule has 1 saturated carbocycles. The summed E-state index contributed by atoms with van der Waals surface area (Å²) in [6.07, 6.45) is 6.41. The summed E-state index contributed by atoms with van der Waals surface area (Å²) < 4.78 is 33.7. The molecule has 0 aliphatic heterocycles. The Bertz CT molecular complexity index is 1510. The van der Waals surface area contributed by atoms with Gasteiger partial charge in [-0.3, -0.25) is 13.9 Å². The first kappa shape index (κ1) is 32.5. The van der Waals surface area contributed by atoms with E-state index >= 15 is 0 Å². The summed E-state index contributed by atoms with van der Waals surface area (Å²) >= 11 is 3.51. The van der Waals surface area contributed by atoms with Crippen molar-refractivity contribution in [1.82, 2.24) is 10.2 Å². The van der Waals surface area contributed by atoms with Crippen molar-refractivity contribution < 1.29 is 22.7 Å². The van der Waals surface area contributed by atoms with Crippen molar-refractivity contribution in [3.63, 3.8) is 0 Å². The Labute approximate surface area is 263 Å². The molecule has 230 valence electrons. The highest BCUT2D eigenvalue weighted by molar-refractivity contribution is 9.10. The van der Waals surface area contributed by atoms with Gasteiger partial charge in [-0.1, -0.05) is 83.7 Å². The number of methoxy groups -OCH3 is 1. The highest BCUT2D eigenvalue weighted by atomic mass is 79.9. The molecule has 4 rings (SSSR count). The third kappa shape index (κ3) is 9.06. The number of amides is 2. The van der Waals surface area contributed by atoms with Gasteiger partial charge in [0.2, 0.25) is 21.8 Å². The number of sulfonamides is 1. The van der Waals surface area contributed by atoms with Gasteiger partial charge in [0.25, 0.3) is 0 Å². The molecule has 1 aliphatic carbocycles. The maximum Gasteiger partial charge on any atom is 0.244 e. The maximum atomic E-state index is 14.4. The molecule has 3 aromatic carbocycles. The Morgan fingerprint density at radius 3 is 2.33 bits per heavy atom. The van der Waals surface area contributed by atoms with Crippen LogP contribution in [0.2, 0.25) is 0 Å². The van der Waals surface area contributed by atoms with E-state index in [1.807, 2.05) is 67.6 Å². The summed E-state index contributed by atoms with van der Waals surface area (Å²) in [5.41, 5.74) is 2.80. The summed E-state index contributed by atoms with van der Waals surface area (Å²) in [7, 11) is -2.45. The number of halogens is 1. The van der Waals surface area contributed by atoms with Crippen molar-refractivity contribution in [3.05, 3.63) is 94.0 Å². The average molecular weight is 671 g/mol. The van der Waals surface area contributed by atoms with Gasteiger partial charge in [-0.15, -0.1) is 0 Å². The van der Waals surface area contributed by atoms with E-state index in [1.165, 1.54) is 12.0 Å². The fraction of sp³-hybridized carbons (Fsp3) is 0.394. The van der Waals surface area contributed by atoms with E-state index in [1.54, 1.807) is 12.1 Å². The molecule has 1 atom stereocenters. The Kier molecular flexibility index (Phi) is 11.3. The molecule has 43 heavy (non-hydrogen) atoms. The van der Waals surface area contributed by atoms with Gasteiger partial charge in [-0.05, 0) is 60.7 Å². The van der Waals surface area contributed by atoms with Crippen LogP contribution in [0.5, 0.6) is 5.75 Å². The molecule has 0 heterocycles. The van der Waals surface area contributed by atoms with Crippen LogP contribution in [-0.4, -0.2) is 57.1 Å². The van der Waals surface area contributed by atoms with E-state index < -0.39 is 28.5 Å². The molecule has 10 heteroatoms. The number of hydrogen-bond acceptors (Lipinski definition) is 5. The smallest absolute Gasteiger partial charge is 0.244 e. The standard InChI is InChI=1S/C33H40BrN3O5S/c1-24-17-18-31(42-2)29(19-24)37(43(3,40)41)23-32(38)36(22-26-13-10-14-27(34)20-26)30(21-25-11-6-4-7-12-25)33(39)35-28-15-8-5-9-16-28/h4,6-7,10-14,17-20,28,30H,5,8-9,15-16,21-23H2,1-3H3,(H,35,39)/t30-/m0/s1. The van der Waals surface area contributed by atoms with Crippen molar-refractivity contribution in [3.8, 4) is 5.75 Å². The molecule has 2 amide bonds. The molecule has 0 saturated heterocycles. The van der Waals surface area contributed by atoms with Gasteiger partial charge >= 0.3 is 0 Å². The Balaban J connectivity index is 1.75. The number of aryl methyl sites for hydroxylation is 1. The minimum Gasteiger partial charge on any atom is -0.495 e. The number of nitrogens with one attached hydrogen (secondary N) is 1. The van der Waals surface area contributed by atoms with Crippen molar-refractivity contribution in [2.24, 2.45) is 0 Å². The highest BCUT2D eigenvalue weighted by Gasteiger charge is 2.34. The molecule has 3 aromatic rings. The number of rotatable bonds is 12. The number of hydrogen-bond donors (Lipinski definition) is 1. The first-order chi connectivity index (χ1) is 20.5. The first-order valence-corrected chi connectivity index (χ1v) is 17.2. The third-order valence-corrected chi connectivity index (χ3v) is 9.37. The minimum atomic E-state index is -3.91. The lowest BCUT2D eigenvalue weighted by molar-refractivity contribution is -0.140. The molecule has 0 unspecified atom stereocenters. The zero-order valence-corrected chi connectivity index (χ0v) is 27.4. The number of nitrogens with zero attached hydrogens (tertiary/aromatic N) is 2. The van der Waals surface area contributed by atoms with Crippen molar-refractivity contribution >= 4 is 43.5 Å². The second-order valence-corrected chi connectivity index (χ2v) is 14.0. The number of ether oxygens (including phenoxy) is 1. The molecule has 0 bridgehead atoms. The SMILES string of the molecule is COc1ccc(C)cc1N(CC(=O)N(Cc1cccc(Br)c1)[C@@H](Cc1ccccc1)C(=O)NC1CCCCC1)S(C)(=O)=O. The lowest BCUT2D eigenvalue weighted by Crippen LogP contribution is -2.55. The Hall–Kier alpha value is -3.37. The minimum absolute atomic E-state index is 0.0476. The molecule has 0 aromatic heterocycles. The van der Waals surface area contributed by atoms with Crippen LogP contribution < -0.4 is 14.4 Å². The fourth-order valence-corrected chi connectivity index (χ4v) is 6.81. The largest absolute Gasteiger partial charge is 0.495 e. The second kappa shape index (κ2) is 14.9. The summed E-state index contributed by atoms with van der Waals surface area (Å²) in [5.74, 6) is -0.398. The van der Waals surface area contributed by atoms with Gasteiger partial charge in [0.1, 0.15) is 18.3 Å². The Morgan fingerprint density at radius 2 is 1.67 bits per heavy atom. The molecular weight excluding hydrogens is 630 g/mol. The third-order valence-electron chi connectivity index (χ3n) is 7.75. The molecule has 0 spiro atoms. The normalized spacial score (nSPS) is 14.5. The number of anilines is 1. The fourth-order valence-electron chi connectivity index (χ4n) is 5.52.